The molecular formula is C7H9ClN2. The number of pyridine rings is 1. The van der Waals surface area contributed by atoms with Crippen molar-refractivity contribution in [1.82, 2.24) is 10.3 Å². The maximum Gasteiger partial charge on any atom is 0.0716 e. The van der Waals surface area contributed by atoms with E-state index in [1.807, 2.05) is 18.3 Å². The summed E-state index contributed by atoms with van der Waals surface area (Å²) in [6, 6.07) is 4.40. The van der Waals surface area contributed by atoms with Crippen LogP contribution in [-0.2, 0) is 6.54 Å². The summed E-state index contributed by atoms with van der Waals surface area (Å²) in [6.07, 6.45) is 3.57. The van der Waals surface area contributed by atoms with E-state index in [0.717, 1.165) is 12.1 Å². The van der Waals surface area contributed by atoms with Gasteiger partial charge in [-0.2, -0.15) is 0 Å². The van der Waals surface area contributed by atoms with Crippen molar-refractivity contribution >= 4 is 11.6 Å². The molecule has 0 aliphatic rings. The van der Waals surface area contributed by atoms with Crippen molar-refractivity contribution < 1.29 is 0 Å². The van der Waals surface area contributed by atoms with Gasteiger partial charge in [0.2, 0.25) is 0 Å². The average Bonchev–Trinajstić information content (AvgIpc) is 2.03. The standard InChI is InChI=1S/C7H9ClN2/c8-6-10-5-7-2-1-3-9-4-7/h1-4,10H,5-6H2. The van der Waals surface area contributed by atoms with Gasteiger partial charge in [-0.3, -0.25) is 10.3 Å². The second-order valence-electron chi connectivity index (χ2n) is 1.92. The highest BCUT2D eigenvalue weighted by molar-refractivity contribution is 6.17. The Balaban J connectivity index is 2.43. The molecular weight excluding hydrogens is 148 g/mol. The monoisotopic (exact) mass is 156 g/mol. The van der Waals surface area contributed by atoms with Gasteiger partial charge in [-0.1, -0.05) is 6.07 Å². The van der Waals surface area contributed by atoms with E-state index in [1.165, 1.54) is 0 Å². The van der Waals surface area contributed by atoms with E-state index in [9.17, 15) is 0 Å². The number of hydrogen-bond acceptors (Lipinski definition) is 2. The van der Waals surface area contributed by atoms with Gasteiger partial charge >= 0.3 is 0 Å². The third-order valence-electron chi connectivity index (χ3n) is 1.15. The molecule has 1 heterocycles. The van der Waals surface area contributed by atoms with Crippen LogP contribution in [0.5, 0.6) is 0 Å². The molecule has 1 N–H and O–H groups in total. The summed E-state index contributed by atoms with van der Waals surface area (Å²) in [6.45, 7) is 0.789. The number of alkyl halides is 1. The van der Waals surface area contributed by atoms with Crippen LogP contribution < -0.4 is 5.32 Å². The Labute approximate surface area is 65.2 Å². The van der Waals surface area contributed by atoms with E-state index in [2.05, 4.69) is 10.3 Å². The zero-order valence-electron chi connectivity index (χ0n) is 5.55. The summed E-state index contributed by atoms with van der Waals surface area (Å²) in [5.74, 6) is 0. The molecule has 54 valence electrons. The Morgan fingerprint density at radius 1 is 1.60 bits per heavy atom. The van der Waals surface area contributed by atoms with E-state index in [0.29, 0.717) is 6.00 Å². The number of rotatable bonds is 3. The smallest absolute Gasteiger partial charge is 0.0716 e. The predicted molar refractivity (Wildman–Crippen MR) is 41.8 cm³/mol. The molecule has 0 unspecified atom stereocenters. The van der Waals surface area contributed by atoms with E-state index in [1.54, 1.807) is 6.20 Å². The Bertz CT molecular complexity index is 176. The maximum atomic E-state index is 5.42. The van der Waals surface area contributed by atoms with E-state index < -0.39 is 0 Å². The molecule has 0 atom stereocenters. The van der Waals surface area contributed by atoms with Gasteiger partial charge in [0.15, 0.2) is 0 Å². The second-order valence-corrected chi connectivity index (χ2v) is 2.19. The number of nitrogens with one attached hydrogen (secondary N) is 1. The van der Waals surface area contributed by atoms with Crippen LogP contribution in [0.25, 0.3) is 0 Å². The van der Waals surface area contributed by atoms with Crippen LogP contribution in [0.2, 0.25) is 0 Å². The lowest BCUT2D eigenvalue weighted by atomic mass is 10.3. The molecule has 0 amide bonds. The third kappa shape index (κ3) is 2.33. The van der Waals surface area contributed by atoms with Gasteiger partial charge < -0.3 is 0 Å². The van der Waals surface area contributed by atoms with Crippen molar-refractivity contribution in [3.63, 3.8) is 0 Å². The zero-order chi connectivity index (χ0) is 7.23. The Morgan fingerprint density at radius 2 is 2.50 bits per heavy atom. The highest BCUT2D eigenvalue weighted by atomic mass is 35.5. The molecule has 0 aliphatic heterocycles. The molecule has 1 aromatic heterocycles. The molecule has 1 aromatic rings. The first-order chi connectivity index (χ1) is 4.93. The summed E-state index contributed by atoms with van der Waals surface area (Å²) >= 11 is 5.42. The first-order valence-corrected chi connectivity index (χ1v) is 3.62. The van der Waals surface area contributed by atoms with Crippen molar-refractivity contribution in [1.29, 1.82) is 0 Å². The Morgan fingerprint density at radius 3 is 3.10 bits per heavy atom. The minimum atomic E-state index is 0.481. The highest BCUT2D eigenvalue weighted by Crippen LogP contribution is 1.93. The first kappa shape index (κ1) is 7.51. The normalized spacial score (nSPS) is 9.70. The topological polar surface area (TPSA) is 24.9 Å². The third-order valence-corrected chi connectivity index (χ3v) is 1.34. The fraction of sp³-hybridized carbons (Fsp3) is 0.286. The fourth-order valence-electron chi connectivity index (χ4n) is 0.694. The molecule has 1 rings (SSSR count). The Hall–Kier alpha value is -0.600. The van der Waals surface area contributed by atoms with Gasteiger partial charge in [-0.15, -0.1) is 11.6 Å². The SMILES string of the molecule is ClCNCc1cccnc1. The summed E-state index contributed by atoms with van der Waals surface area (Å²) in [4.78, 5) is 3.95. The molecule has 0 bridgehead atoms. The van der Waals surface area contributed by atoms with Crippen molar-refractivity contribution in [2.24, 2.45) is 0 Å². The largest absolute Gasteiger partial charge is 0.300 e. The maximum absolute atomic E-state index is 5.42. The van der Waals surface area contributed by atoms with Crippen LogP contribution >= 0.6 is 11.6 Å². The summed E-state index contributed by atoms with van der Waals surface area (Å²) in [7, 11) is 0. The van der Waals surface area contributed by atoms with Crippen LogP contribution in [0.4, 0.5) is 0 Å². The van der Waals surface area contributed by atoms with Gasteiger partial charge in [-0.05, 0) is 11.6 Å². The molecule has 0 aromatic carbocycles. The van der Waals surface area contributed by atoms with E-state index in [-0.39, 0.29) is 0 Å². The lowest BCUT2D eigenvalue weighted by Crippen LogP contribution is -2.09. The number of aromatic nitrogens is 1. The molecule has 0 aliphatic carbocycles. The van der Waals surface area contributed by atoms with Crippen LogP contribution in [-0.4, -0.2) is 11.0 Å². The van der Waals surface area contributed by atoms with E-state index in [4.69, 9.17) is 11.6 Å². The zero-order valence-corrected chi connectivity index (χ0v) is 6.30. The van der Waals surface area contributed by atoms with Crippen LogP contribution in [0, 0.1) is 0 Å². The van der Waals surface area contributed by atoms with Gasteiger partial charge in [-0.25, -0.2) is 0 Å². The molecule has 0 radical (unpaired) electrons. The van der Waals surface area contributed by atoms with Gasteiger partial charge in [0.1, 0.15) is 0 Å². The van der Waals surface area contributed by atoms with Gasteiger partial charge in [0.05, 0.1) is 6.00 Å². The van der Waals surface area contributed by atoms with Gasteiger partial charge in [0, 0.05) is 18.9 Å². The van der Waals surface area contributed by atoms with Crippen molar-refractivity contribution in [2.45, 2.75) is 6.54 Å². The number of hydrogen-bond donors (Lipinski definition) is 1. The summed E-state index contributed by atoms with van der Waals surface area (Å²) in [5.41, 5.74) is 1.16. The highest BCUT2D eigenvalue weighted by Gasteiger charge is 1.87. The second kappa shape index (κ2) is 4.25. The van der Waals surface area contributed by atoms with Crippen molar-refractivity contribution in [3.8, 4) is 0 Å². The lowest BCUT2D eigenvalue weighted by Gasteiger charge is -1.97. The van der Waals surface area contributed by atoms with Crippen LogP contribution in [0.15, 0.2) is 24.5 Å². The fourth-order valence-corrected chi connectivity index (χ4v) is 0.789. The molecule has 0 saturated carbocycles. The van der Waals surface area contributed by atoms with Crippen LogP contribution in [0.1, 0.15) is 5.56 Å². The summed E-state index contributed by atoms with van der Waals surface area (Å²) < 4.78 is 0. The molecule has 0 fully saturated rings. The van der Waals surface area contributed by atoms with Gasteiger partial charge in [0.25, 0.3) is 0 Å². The molecule has 0 saturated heterocycles. The summed E-state index contributed by atoms with van der Waals surface area (Å²) in [5, 5.41) is 2.99. The van der Waals surface area contributed by atoms with Crippen molar-refractivity contribution in [2.75, 3.05) is 6.00 Å². The molecule has 10 heavy (non-hydrogen) atoms. The van der Waals surface area contributed by atoms with Crippen LogP contribution in [0.3, 0.4) is 0 Å². The molecule has 3 heteroatoms. The number of nitrogens with zero attached hydrogens (tertiary/aromatic N) is 1. The Kier molecular flexibility index (Phi) is 3.19. The quantitative estimate of drug-likeness (QED) is 0.528. The van der Waals surface area contributed by atoms with Crippen molar-refractivity contribution in [3.05, 3.63) is 30.1 Å². The van der Waals surface area contributed by atoms with E-state index >= 15 is 0 Å². The average molecular weight is 157 g/mol. The predicted octanol–water partition coefficient (Wildman–Crippen LogP) is 1.37. The number of halogens is 1. The minimum Gasteiger partial charge on any atom is -0.300 e. The first-order valence-electron chi connectivity index (χ1n) is 3.09. The molecule has 2 nitrogen and oxygen atoms in total. The molecule has 0 spiro atoms. The minimum absolute atomic E-state index is 0.481. The lowest BCUT2D eigenvalue weighted by molar-refractivity contribution is 0.787.